The summed E-state index contributed by atoms with van der Waals surface area (Å²) in [7, 11) is -12.5. The number of hydrogen-bond donors (Lipinski definition) is 6. The molecule has 0 aliphatic rings. The van der Waals surface area contributed by atoms with Crippen molar-refractivity contribution in [3.05, 3.63) is 130 Å². The minimum Gasteiger partial charge on any atom is -0.493 e. The molecule has 460 valence electrons. The van der Waals surface area contributed by atoms with Crippen molar-refractivity contribution in [3.63, 3.8) is 0 Å². The number of unbranched alkanes of at least 4 members (excludes halogenated alkanes) is 2. The minimum atomic E-state index is -4.19. The summed E-state index contributed by atoms with van der Waals surface area (Å²) in [6.07, 6.45) is 2.13. The third-order valence-electron chi connectivity index (χ3n) is 12.6. The van der Waals surface area contributed by atoms with Crippen LogP contribution in [0.4, 0.5) is 61.7 Å². The van der Waals surface area contributed by atoms with Gasteiger partial charge in [0.2, 0.25) is 0 Å². The van der Waals surface area contributed by atoms with E-state index in [1.807, 2.05) is 26.8 Å². The van der Waals surface area contributed by atoms with Crippen molar-refractivity contribution < 1.29 is 67.2 Å². The van der Waals surface area contributed by atoms with E-state index in [0.29, 0.717) is 146 Å². The molecule has 86 heavy (non-hydrogen) atoms. The largest absolute Gasteiger partial charge is 0.493 e. The number of benzene rings is 6. The Kier molecular flexibility index (Phi) is 25.1. The van der Waals surface area contributed by atoms with Crippen LogP contribution in [0.15, 0.2) is 138 Å². The Morgan fingerprint density at radius 3 is 1.20 bits per heavy atom. The number of carbonyl (C=O) groups excluding carboxylic acids is 1. The first-order chi connectivity index (χ1) is 40.9. The molecule has 0 fully saturated rings. The van der Waals surface area contributed by atoms with Crippen LogP contribution in [0.25, 0.3) is 0 Å². The van der Waals surface area contributed by atoms with Gasteiger partial charge in [0, 0.05) is 23.5 Å². The zero-order valence-corrected chi connectivity index (χ0v) is 51.4. The van der Waals surface area contributed by atoms with Crippen LogP contribution in [0, 0.1) is 27.7 Å². The Morgan fingerprint density at radius 2 is 0.802 bits per heavy atom. The highest BCUT2D eigenvalue weighted by atomic mass is 32.2. The van der Waals surface area contributed by atoms with Gasteiger partial charge in [0.25, 0.3) is 30.4 Å². The molecule has 0 unspecified atom stereocenters. The van der Waals surface area contributed by atoms with Gasteiger partial charge >= 0.3 is 6.03 Å². The molecule has 6 rings (SSSR count). The molecule has 0 radical (unpaired) electrons. The minimum absolute atomic E-state index is 0.0758. The Labute approximate surface area is 504 Å². The molecule has 6 aromatic rings. The predicted molar refractivity (Wildman–Crippen MR) is 330 cm³/mol. The fourth-order valence-corrected chi connectivity index (χ4v) is 9.60. The summed E-state index contributed by atoms with van der Waals surface area (Å²) in [6.45, 7) is 11.4. The van der Waals surface area contributed by atoms with Crippen molar-refractivity contribution in [1.29, 1.82) is 0 Å². The molecule has 2 amide bonds. The summed E-state index contributed by atoms with van der Waals surface area (Å²) in [5.41, 5.74) is 9.09. The topological polar surface area (TPSA) is 360 Å². The Morgan fingerprint density at radius 1 is 0.430 bits per heavy atom. The van der Waals surface area contributed by atoms with E-state index in [4.69, 9.17) is 28.1 Å². The maximum absolute atomic E-state index is 13.3. The van der Waals surface area contributed by atoms with Crippen molar-refractivity contribution in [2.45, 2.75) is 80.1 Å². The number of nitrogens with one attached hydrogen (secondary N) is 2. The quantitative estimate of drug-likeness (QED) is 0.00989. The van der Waals surface area contributed by atoms with Crippen LogP contribution in [0.5, 0.6) is 23.0 Å². The van der Waals surface area contributed by atoms with Gasteiger partial charge in [-0.05, 0) is 197 Å². The lowest BCUT2D eigenvalue weighted by atomic mass is 10.1. The maximum atomic E-state index is 13.3. The summed E-state index contributed by atoms with van der Waals surface area (Å²) in [5, 5.41) is 41.6. The molecule has 25 nitrogen and oxygen atoms in total. The highest BCUT2D eigenvalue weighted by Gasteiger charge is 2.16. The SMILES string of the molecule is CCc1cc(OCCSO)ccc1N=Nc1cc(OCCCCS(=O)(=O)O)c(N=Nc2ccc(NC(=O)Nc3ccc(N=Nc4cc(C)c(N=Nc5ccc(OCCS(=O)(=O)O)cc5CC)cc4OCCCCS(=O)(=O)O)c(C)c3)cc2C)cc1C. The van der Waals surface area contributed by atoms with E-state index in [1.54, 1.807) is 112 Å². The highest BCUT2D eigenvalue weighted by molar-refractivity contribution is 7.93. The zero-order chi connectivity index (χ0) is 62.4. The van der Waals surface area contributed by atoms with Crippen LogP contribution in [-0.2, 0) is 43.2 Å². The number of ether oxygens (including phenoxy) is 4. The number of azo groups is 4. The molecule has 6 aromatic carbocycles. The van der Waals surface area contributed by atoms with E-state index >= 15 is 0 Å². The van der Waals surface area contributed by atoms with Crippen LogP contribution in [0.3, 0.4) is 0 Å². The normalized spacial score (nSPS) is 12.2. The number of carbonyl (C=O) groups is 1. The van der Waals surface area contributed by atoms with Gasteiger partial charge in [-0.2, -0.15) is 55.9 Å². The van der Waals surface area contributed by atoms with Crippen molar-refractivity contribution in [2.24, 2.45) is 40.9 Å². The first kappa shape index (κ1) is 67.4. The Hall–Kier alpha value is -7.77. The monoisotopic (exact) mass is 1260 g/mol. The molecule has 29 heteroatoms. The van der Waals surface area contributed by atoms with E-state index in [2.05, 4.69) is 51.5 Å². The van der Waals surface area contributed by atoms with Crippen molar-refractivity contribution in [3.8, 4) is 23.0 Å². The molecule has 0 aliphatic carbocycles. The van der Waals surface area contributed by atoms with Crippen LogP contribution in [-0.4, -0.2) is 98.9 Å². The number of rotatable bonds is 32. The number of anilines is 2. The fraction of sp³-hybridized carbons (Fsp3) is 0.351. The first-order valence-electron chi connectivity index (χ1n) is 27.0. The first-order valence-corrected chi connectivity index (χ1v) is 32.8. The number of urea groups is 1. The van der Waals surface area contributed by atoms with Gasteiger partial charge in [0.15, 0.2) is 0 Å². The van der Waals surface area contributed by atoms with Crippen molar-refractivity contribution in [2.75, 3.05) is 60.1 Å². The van der Waals surface area contributed by atoms with Crippen molar-refractivity contribution >= 4 is 105 Å². The van der Waals surface area contributed by atoms with Gasteiger partial charge in [-0.25, -0.2) is 4.79 Å². The number of hydrogen-bond acceptors (Lipinski definition) is 21. The molecule has 0 bridgehead atoms. The number of nitrogens with zero attached hydrogens (tertiary/aromatic N) is 8. The van der Waals surface area contributed by atoms with E-state index < -0.39 is 53.6 Å². The third-order valence-corrected chi connectivity index (χ3v) is 15.2. The van der Waals surface area contributed by atoms with E-state index in [9.17, 15) is 39.2 Å². The lowest BCUT2D eigenvalue weighted by Crippen LogP contribution is -2.19. The van der Waals surface area contributed by atoms with Crippen LogP contribution in [0.1, 0.15) is 72.9 Å². The summed E-state index contributed by atoms with van der Waals surface area (Å²) < 4.78 is 127. The van der Waals surface area contributed by atoms with E-state index in [-0.39, 0.29) is 38.4 Å². The lowest BCUT2D eigenvalue weighted by molar-refractivity contribution is 0.262. The van der Waals surface area contributed by atoms with Crippen LogP contribution in [0.2, 0.25) is 0 Å². The van der Waals surface area contributed by atoms with Crippen molar-refractivity contribution in [1.82, 2.24) is 0 Å². The Balaban J connectivity index is 1.13. The van der Waals surface area contributed by atoms with Gasteiger partial charge in [-0.1, -0.05) is 13.8 Å². The zero-order valence-electron chi connectivity index (χ0n) is 48.1. The fourth-order valence-electron chi connectivity index (χ4n) is 8.01. The smallest absolute Gasteiger partial charge is 0.323 e. The number of amides is 2. The average Bonchev–Trinajstić information content (AvgIpc) is 2.54. The summed E-state index contributed by atoms with van der Waals surface area (Å²) >= 11 is 0.704. The highest BCUT2D eigenvalue weighted by Crippen LogP contribution is 2.40. The summed E-state index contributed by atoms with van der Waals surface area (Å²) in [5.74, 6) is 0.654. The molecule has 0 saturated heterocycles. The Bertz CT molecular complexity index is 3830. The second kappa shape index (κ2) is 32.1. The molecule has 0 spiro atoms. The number of aryl methyl sites for hydroxylation is 6. The third kappa shape index (κ3) is 22.6. The molecule has 0 atom stereocenters. The van der Waals surface area contributed by atoms with Gasteiger partial charge in [0.1, 0.15) is 46.7 Å². The van der Waals surface area contributed by atoms with Crippen LogP contribution >= 0.6 is 12.0 Å². The second-order valence-electron chi connectivity index (χ2n) is 19.4. The molecular formula is C57H68N10O15S4. The average molecular weight is 1260 g/mol. The standard InChI is InChI=1S/C57H68N10O15S4/c1-7-41-33-45(79-23-25-83-69)15-19-49(41)62-64-51-35-55(81-21-9-11-26-84(70,71)72)53(31-39(51)5)66-60-47-17-13-43(29-37(47)3)58-57(68)59-44-14-18-48(38(4)30-44)61-67-54-32-40(6)52(36-56(54)82-22-10-12-27-85(73,74)75)65-63-50-20-16-46(34-42(50)8-2)80-24-28-86(76,77)78/h13-20,29-36,69H,7-12,21-28H2,1-6H3,(H2,58,59,68)(H,70,71,72)(H,73,74,75)(H,76,77,78). The predicted octanol–water partition coefficient (Wildman–Crippen LogP) is 15.3. The summed E-state index contributed by atoms with van der Waals surface area (Å²) in [6, 6.07) is 26.8. The van der Waals surface area contributed by atoms with E-state index in [0.717, 1.165) is 11.1 Å². The second-order valence-corrected chi connectivity index (χ2v) is 24.8. The maximum Gasteiger partial charge on any atom is 0.323 e. The molecular weight excluding hydrogens is 1190 g/mol. The van der Waals surface area contributed by atoms with Gasteiger partial charge in [0.05, 0.1) is 71.2 Å². The molecule has 0 aromatic heterocycles. The van der Waals surface area contributed by atoms with Gasteiger partial charge in [-0.15, -0.1) is 10.2 Å². The molecule has 0 aliphatic heterocycles. The van der Waals surface area contributed by atoms with Gasteiger partial charge in [-0.3, -0.25) is 13.7 Å². The summed E-state index contributed by atoms with van der Waals surface area (Å²) in [4.78, 5) is 13.3. The molecule has 6 N–H and O–H groups in total. The van der Waals surface area contributed by atoms with Crippen LogP contribution < -0.4 is 29.6 Å². The molecule has 0 heterocycles. The lowest BCUT2D eigenvalue weighted by Gasteiger charge is -2.12. The van der Waals surface area contributed by atoms with Gasteiger partial charge < -0.3 is 34.1 Å². The molecule has 0 saturated carbocycles. The van der Waals surface area contributed by atoms with E-state index in [1.165, 1.54) is 0 Å².